The minimum Gasteiger partial charge on any atom is -0.379 e. The van der Waals surface area contributed by atoms with Crippen LogP contribution in [0.1, 0.15) is 32.4 Å². The molecule has 2 fully saturated rings. The van der Waals surface area contributed by atoms with Gasteiger partial charge in [0.25, 0.3) is 0 Å². The summed E-state index contributed by atoms with van der Waals surface area (Å²) in [6, 6.07) is 17.0. The Hall–Kier alpha value is -2.41. The Bertz CT molecular complexity index is 1410. The van der Waals surface area contributed by atoms with Crippen LogP contribution in [0.25, 0.3) is 11.4 Å². The molecule has 0 bridgehead atoms. The third-order valence-electron chi connectivity index (χ3n) is 7.07. The van der Waals surface area contributed by atoms with Crippen LogP contribution in [0.4, 0.5) is 0 Å². The second-order valence-corrected chi connectivity index (χ2v) is 12.3. The van der Waals surface area contributed by atoms with E-state index >= 15 is 0 Å². The van der Waals surface area contributed by atoms with Crippen LogP contribution in [0, 0.1) is 4.77 Å². The standard InChI is InChI=1S/C27H35N5O4S2/c1-20-17-29(18-21(2)36-20)19-31-27(37)32(22(3)23-8-5-4-6-9-23)26(28-31)24-10-7-11-25(16-24)38(33,34)30-12-14-35-15-13-30/h4-11,16,20-22H,12-15,17-19H2,1-3H3/t20-,21-,22-/m1/s1. The Morgan fingerprint density at radius 2 is 1.71 bits per heavy atom. The van der Waals surface area contributed by atoms with Crippen LogP contribution in [0.5, 0.6) is 0 Å². The van der Waals surface area contributed by atoms with Gasteiger partial charge in [-0.25, -0.2) is 13.1 Å². The van der Waals surface area contributed by atoms with Crippen molar-refractivity contribution in [2.75, 3.05) is 39.4 Å². The van der Waals surface area contributed by atoms with E-state index in [1.54, 1.807) is 18.2 Å². The second kappa shape index (κ2) is 11.4. The number of rotatable bonds is 7. The quantitative estimate of drug-likeness (QED) is 0.409. The molecule has 2 aliphatic heterocycles. The fraction of sp³-hybridized carbons (Fsp3) is 0.481. The Morgan fingerprint density at radius 1 is 1.03 bits per heavy atom. The maximum absolute atomic E-state index is 13.4. The van der Waals surface area contributed by atoms with Gasteiger partial charge < -0.3 is 9.47 Å². The molecule has 0 aliphatic carbocycles. The fourth-order valence-corrected chi connectivity index (χ4v) is 7.06. The third kappa shape index (κ3) is 5.63. The SMILES string of the molecule is C[C@@H]1CN(Cn2nc(-c3cccc(S(=O)(=O)N4CCOCC4)c3)n([C@H](C)c3ccccc3)c2=S)C[C@@H](C)O1. The summed E-state index contributed by atoms with van der Waals surface area (Å²) in [6.07, 6.45) is 0.250. The van der Waals surface area contributed by atoms with E-state index in [1.807, 2.05) is 33.5 Å². The van der Waals surface area contributed by atoms with Crippen molar-refractivity contribution in [1.82, 2.24) is 23.6 Å². The van der Waals surface area contributed by atoms with Gasteiger partial charge in [0, 0.05) is 31.7 Å². The number of sulfonamides is 1. The summed E-state index contributed by atoms with van der Waals surface area (Å²) in [5.41, 5.74) is 1.80. The van der Waals surface area contributed by atoms with Crippen LogP contribution in [0.15, 0.2) is 59.5 Å². The molecule has 11 heteroatoms. The fourth-order valence-electron chi connectivity index (χ4n) is 5.26. The van der Waals surface area contributed by atoms with Crippen LogP contribution in [0.3, 0.4) is 0 Å². The van der Waals surface area contributed by atoms with Crippen molar-refractivity contribution in [3.8, 4) is 11.4 Å². The van der Waals surface area contributed by atoms with Crippen molar-refractivity contribution in [2.45, 2.75) is 50.6 Å². The smallest absolute Gasteiger partial charge is 0.243 e. The first-order valence-corrected chi connectivity index (χ1v) is 14.9. The van der Waals surface area contributed by atoms with Gasteiger partial charge in [0.15, 0.2) is 10.6 Å². The van der Waals surface area contributed by atoms with E-state index in [0.29, 0.717) is 49.1 Å². The number of hydrogen-bond acceptors (Lipinski definition) is 7. The first-order chi connectivity index (χ1) is 18.2. The summed E-state index contributed by atoms with van der Waals surface area (Å²) in [5.74, 6) is 0.639. The highest BCUT2D eigenvalue weighted by atomic mass is 32.2. The van der Waals surface area contributed by atoms with Crippen LogP contribution in [0.2, 0.25) is 0 Å². The Kier molecular flexibility index (Phi) is 8.13. The summed E-state index contributed by atoms with van der Waals surface area (Å²) in [4.78, 5) is 2.54. The van der Waals surface area contributed by atoms with Crippen molar-refractivity contribution in [3.63, 3.8) is 0 Å². The van der Waals surface area contributed by atoms with E-state index in [4.69, 9.17) is 26.8 Å². The normalized spacial score (nSPS) is 22.4. The van der Waals surface area contributed by atoms with Gasteiger partial charge in [-0.1, -0.05) is 42.5 Å². The zero-order valence-corrected chi connectivity index (χ0v) is 23.7. The molecule has 2 aromatic carbocycles. The number of benzene rings is 2. The van der Waals surface area contributed by atoms with Gasteiger partial charge in [-0.2, -0.15) is 9.40 Å². The highest BCUT2D eigenvalue weighted by molar-refractivity contribution is 7.89. The lowest BCUT2D eigenvalue weighted by Crippen LogP contribution is -2.46. The molecule has 3 heterocycles. The molecule has 38 heavy (non-hydrogen) atoms. The van der Waals surface area contributed by atoms with Gasteiger partial charge >= 0.3 is 0 Å². The number of aromatic nitrogens is 3. The van der Waals surface area contributed by atoms with Crippen LogP contribution >= 0.6 is 12.2 Å². The molecule has 0 radical (unpaired) electrons. The second-order valence-electron chi connectivity index (χ2n) is 10.0. The van der Waals surface area contributed by atoms with Crippen molar-refractivity contribution < 1.29 is 17.9 Å². The molecule has 2 saturated heterocycles. The van der Waals surface area contributed by atoms with Crippen LogP contribution in [-0.2, 0) is 26.2 Å². The number of hydrogen-bond donors (Lipinski definition) is 0. The van der Waals surface area contributed by atoms with E-state index < -0.39 is 10.0 Å². The van der Waals surface area contributed by atoms with Crippen LogP contribution < -0.4 is 0 Å². The number of morpholine rings is 2. The first-order valence-electron chi connectivity index (χ1n) is 13.0. The first kappa shape index (κ1) is 27.2. The van der Waals surface area contributed by atoms with E-state index in [9.17, 15) is 8.42 Å². The minimum absolute atomic E-state index is 0.102. The molecular formula is C27H35N5O4S2. The van der Waals surface area contributed by atoms with Gasteiger partial charge in [0.05, 0.1) is 43.0 Å². The maximum atomic E-state index is 13.4. The molecule has 0 spiro atoms. The molecule has 3 atom stereocenters. The number of ether oxygens (including phenoxy) is 2. The van der Waals surface area contributed by atoms with Gasteiger partial charge in [0.1, 0.15) is 0 Å². The van der Waals surface area contributed by atoms with Crippen molar-refractivity contribution in [1.29, 1.82) is 0 Å². The largest absolute Gasteiger partial charge is 0.379 e. The summed E-state index contributed by atoms with van der Waals surface area (Å²) in [6.45, 7) is 9.83. The predicted molar refractivity (Wildman–Crippen MR) is 148 cm³/mol. The van der Waals surface area contributed by atoms with E-state index in [2.05, 4.69) is 37.8 Å². The maximum Gasteiger partial charge on any atom is 0.243 e. The Morgan fingerprint density at radius 3 is 2.39 bits per heavy atom. The summed E-state index contributed by atoms with van der Waals surface area (Å²) in [5, 5.41) is 4.97. The number of nitrogens with zero attached hydrogens (tertiary/aromatic N) is 5. The molecule has 0 N–H and O–H groups in total. The summed E-state index contributed by atoms with van der Waals surface area (Å²) < 4.78 is 44.0. The van der Waals surface area contributed by atoms with Crippen molar-refractivity contribution in [2.24, 2.45) is 0 Å². The highest BCUT2D eigenvalue weighted by Crippen LogP contribution is 2.29. The molecule has 0 amide bonds. The molecule has 1 aromatic heterocycles. The van der Waals surface area contributed by atoms with E-state index in [0.717, 1.165) is 18.7 Å². The van der Waals surface area contributed by atoms with Crippen LogP contribution in [-0.4, -0.2) is 83.6 Å². The molecule has 204 valence electrons. The van der Waals surface area contributed by atoms with Gasteiger partial charge in [-0.3, -0.25) is 9.47 Å². The average molecular weight is 558 g/mol. The molecule has 5 rings (SSSR count). The zero-order chi connectivity index (χ0) is 26.9. The molecule has 0 saturated carbocycles. The predicted octanol–water partition coefficient (Wildman–Crippen LogP) is 3.78. The van der Waals surface area contributed by atoms with E-state index in [1.165, 1.54) is 4.31 Å². The summed E-state index contributed by atoms with van der Waals surface area (Å²) in [7, 11) is -3.65. The Labute approximate surface area is 229 Å². The monoisotopic (exact) mass is 557 g/mol. The molecule has 2 aliphatic rings. The van der Waals surface area contributed by atoms with Gasteiger partial charge in [-0.05, 0) is 50.7 Å². The average Bonchev–Trinajstić information content (AvgIpc) is 3.24. The highest BCUT2D eigenvalue weighted by Gasteiger charge is 2.28. The van der Waals surface area contributed by atoms with Crippen molar-refractivity contribution in [3.05, 3.63) is 64.9 Å². The summed E-state index contributed by atoms with van der Waals surface area (Å²) >= 11 is 5.99. The minimum atomic E-state index is -3.65. The molecule has 3 aromatic rings. The lowest BCUT2D eigenvalue weighted by Gasteiger charge is -2.34. The van der Waals surface area contributed by atoms with Gasteiger partial charge in [0.2, 0.25) is 10.0 Å². The topological polar surface area (TPSA) is 81.8 Å². The lowest BCUT2D eigenvalue weighted by molar-refractivity contribution is -0.0777. The van der Waals surface area contributed by atoms with Crippen molar-refractivity contribution >= 4 is 22.2 Å². The lowest BCUT2D eigenvalue weighted by atomic mass is 10.1. The van der Waals surface area contributed by atoms with Gasteiger partial charge in [-0.15, -0.1) is 0 Å². The molecule has 0 unspecified atom stereocenters. The molecule has 9 nitrogen and oxygen atoms in total. The third-order valence-corrected chi connectivity index (χ3v) is 9.37. The molecular weight excluding hydrogens is 522 g/mol. The van der Waals surface area contributed by atoms with E-state index in [-0.39, 0.29) is 23.1 Å². The Balaban J connectivity index is 1.56. The zero-order valence-electron chi connectivity index (χ0n) is 22.1.